The highest BCUT2D eigenvalue weighted by Crippen LogP contribution is 2.23. The molecule has 0 saturated carbocycles. The van der Waals surface area contributed by atoms with Crippen molar-refractivity contribution in [1.29, 1.82) is 0 Å². The number of carbonyl (C=O) groups is 1. The number of hydrogen-bond acceptors (Lipinski definition) is 1. The normalized spacial score (nSPS) is 11.5. The van der Waals surface area contributed by atoms with E-state index in [9.17, 15) is 18.0 Å². The van der Waals surface area contributed by atoms with Crippen LogP contribution in [0.3, 0.4) is 0 Å². The largest absolute Gasteiger partial charge is 0.331 e. The maximum atomic E-state index is 11.3. The van der Waals surface area contributed by atoms with Gasteiger partial charge in [-0.1, -0.05) is 0 Å². The summed E-state index contributed by atoms with van der Waals surface area (Å²) in [7, 11) is 0. The van der Waals surface area contributed by atoms with Crippen LogP contribution in [0, 0.1) is 0 Å². The molecule has 0 aliphatic heterocycles. The van der Waals surface area contributed by atoms with E-state index in [2.05, 4.69) is 11.6 Å². The topological polar surface area (TPSA) is 17.1 Å². The minimum Gasteiger partial charge on any atom is -0.261 e. The third-order valence-electron chi connectivity index (χ3n) is 0.339. The van der Waals surface area contributed by atoms with E-state index in [1.54, 1.807) is 0 Å². The Morgan fingerprint density at radius 2 is 2.00 bits per heavy atom. The van der Waals surface area contributed by atoms with Crippen molar-refractivity contribution in [2.45, 2.75) is 11.8 Å². The van der Waals surface area contributed by atoms with Crippen LogP contribution in [0.15, 0.2) is 0 Å². The van der Waals surface area contributed by atoms with Gasteiger partial charge in [0.15, 0.2) is 0 Å². The summed E-state index contributed by atoms with van der Waals surface area (Å²) < 4.78 is 33.5. The van der Waals surface area contributed by atoms with Crippen LogP contribution in [-0.4, -0.2) is 11.4 Å². The fourth-order valence-electron chi connectivity index (χ4n) is 0.158. The molecule has 1 nitrogen and oxygen atoms in total. The molecule has 0 amide bonds. The maximum absolute atomic E-state index is 11.3. The minimum atomic E-state index is -3.73. The van der Waals surface area contributed by atoms with Gasteiger partial charge in [0.05, 0.1) is 0 Å². The van der Waals surface area contributed by atoms with E-state index in [1.165, 1.54) is 0 Å². The third kappa shape index (κ3) is 5.75. The quantitative estimate of drug-likeness (QED) is 0.428. The van der Waals surface area contributed by atoms with Gasteiger partial charge in [-0.05, 0) is 11.6 Å². The van der Waals surface area contributed by atoms with E-state index >= 15 is 0 Å². The lowest BCUT2D eigenvalue weighted by atomic mass is 10.5. The van der Waals surface area contributed by atoms with Crippen molar-refractivity contribution in [1.82, 2.24) is 0 Å². The molecule has 5 heteroatoms. The number of rotatable bonds is 2. The molecule has 0 aliphatic carbocycles. The van der Waals surface area contributed by atoms with E-state index in [0.29, 0.717) is 0 Å². The van der Waals surface area contributed by atoms with Crippen LogP contribution < -0.4 is 0 Å². The van der Waals surface area contributed by atoms with Gasteiger partial charge in [-0.3, -0.25) is 4.79 Å². The summed E-state index contributed by atoms with van der Waals surface area (Å²) in [5, 5.41) is -3.73. The number of halogens is 4. The highest BCUT2D eigenvalue weighted by atomic mass is 35.5. The van der Waals surface area contributed by atoms with Gasteiger partial charge in [0.2, 0.25) is 0 Å². The molecule has 0 atom stereocenters. The molecule has 0 spiro atoms. The van der Waals surface area contributed by atoms with Crippen molar-refractivity contribution >= 4 is 17.6 Å². The third-order valence-corrected chi connectivity index (χ3v) is 0.473. The van der Waals surface area contributed by atoms with E-state index in [0.717, 1.165) is 0 Å². The molecule has 0 aromatic rings. The van der Waals surface area contributed by atoms with Crippen molar-refractivity contribution in [2.75, 3.05) is 0 Å². The molecule has 0 bridgehead atoms. The van der Waals surface area contributed by atoms with Crippen molar-refractivity contribution < 1.29 is 18.0 Å². The summed E-state index contributed by atoms with van der Waals surface area (Å²) in [6.45, 7) is 0. The monoisotopic (exact) mass is 146 g/mol. The molecule has 0 rings (SSSR count). The second-order valence-electron chi connectivity index (χ2n) is 1.15. The van der Waals surface area contributed by atoms with Gasteiger partial charge in [-0.2, -0.15) is 13.2 Å². The first kappa shape index (κ1) is 7.75. The summed E-state index contributed by atoms with van der Waals surface area (Å²) >= 11 is 4.13. The van der Waals surface area contributed by atoms with E-state index in [1.807, 2.05) is 0 Å². The Hall–Kier alpha value is -0.250. The first-order valence-corrected chi connectivity index (χ1v) is 2.05. The predicted molar refractivity (Wildman–Crippen MR) is 21.5 cm³/mol. The molecule has 0 heterocycles. The number of carbonyl (C=O) groups excluding carboxylic acids is 1. The molecule has 48 valence electrons. The van der Waals surface area contributed by atoms with Crippen LogP contribution >= 0.6 is 11.6 Å². The Labute approximate surface area is 48.4 Å². The summed E-state index contributed by atoms with van der Waals surface area (Å²) in [4.78, 5) is 9.23. The SMILES string of the molecule is O=C(F)CC(F)(F)Cl. The molecule has 0 aromatic heterocycles. The number of alkyl halides is 3. The van der Waals surface area contributed by atoms with Crippen LogP contribution in [-0.2, 0) is 4.79 Å². The van der Waals surface area contributed by atoms with Crippen molar-refractivity contribution in [3.8, 4) is 0 Å². The van der Waals surface area contributed by atoms with Gasteiger partial charge >= 0.3 is 11.4 Å². The van der Waals surface area contributed by atoms with Gasteiger partial charge in [0, 0.05) is 0 Å². The summed E-state index contributed by atoms with van der Waals surface area (Å²) in [6, 6.07) is -2.11. The first-order valence-electron chi connectivity index (χ1n) is 1.67. The predicted octanol–water partition coefficient (Wildman–Crippen LogP) is 1.70. The molecule has 8 heavy (non-hydrogen) atoms. The number of hydrogen-bond donors (Lipinski definition) is 0. The smallest absolute Gasteiger partial charge is 0.261 e. The van der Waals surface area contributed by atoms with Gasteiger partial charge in [0.1, 0.15) is 6.42 Å². The standard InChI is InChI=1S/C3H2ClF3O/c4-3(6,7)1-2(5)8/h1H2. The lowest BCUT2D eigenvalue weighted by Gasteiger charge is -1.99. The zero-order valence-electron chi connectivity index (χ0n) is 3.63. The average molecular weight is 146 g/mol. The van der Waals surface area contributed by atoms with Crippen LogP contribution in [0.2, 0.25) is 0 Å². The molecule has 0 aromatic carbocycles. The highest BCUT2D eigenvalue weighted by Gasteiger charge is 2.28. The molecule has 0 aliphatic rings. The molecule has 0 N–H and O–H groups in total. The fraction of sp³-hybridized carbons (Fsp3) is 0.667. The van der Waals surface area contributed by atoms with Gasteiger partial charge < -0.3 is 0 Å². The Balaban J connectivity index is 3.55. The molecular formula is C3H2ClF3O. The van der Waals surface area contributed by atoms with E-state index in [4.69, 9.17) is 0 Å². The maximum Gasteiger partial charge on any atom is 0.331 e. The average Bonchev–Trinajstić information content (AvgIpc) is 1.21. The van der Waals surface area contributed by atoms with Gasteiger partial charge in [-0.15, -0.1) is 0 Å². The summed E-state index contributed by atoms with van der Waals surface area (Å²) in [6.07, 6.45) is -1.55. The first-order chi connectivity index (χ1) is 3.42. The Kier molecular flexibility index (Phi) is 2.27. The summed E-state index contributed by atoms with van der Waals surface area (Å²) in [5.41, 5.74) is 0. The lowest BCUT2D eigenvalue weighted by molar-refractivity contribution is -0.133. The van der Waals surface area contributed by atoms with Crippen LogP contribution in [0.4, 0.5) is 13.2 Å². The molecule has 0 fully saturated rings. The molecule has 0 radical (unpaired) electrons. The minimum absolute atomic E-state index is 1.55. The van der Waals surface area contributed by atoms with E-state index in [-0.39, 0.29) is 0 Å². The second kappa shape index (κ2) is 2.35. The molecule has 0 saturated heterocycles. The Bertz CT molecular complexity index is 97.2. The lowest BCUT2D eigenvalue weighted by Crippen LogP contribution is -2.09. The van der Waals surface area contributed by atoms with Crippen molar-refractivity contribution in [3.05, 3.63) is 0 Å². The molecule has 0 unspecified atom stereocenters. The zero-order valence-corrected chi connectivity index (χ0v) is 4.38. The van der Waals surface area contributed by atoms with Crippen LogP contribution in [0.1, 0.15) is 6.42 Å². The van der Waals surface area contributed by atoms with Gasteiger partial charge in [-0.25, -0.2) is 0 Å². The highest BCUT2D eigenvalue weighted by molar-refractivity contribution is 6.22. The Morgan fingerprint density at radius 3 is 2.00 bits per heavy atom. The van der Waals surface area contributed by atoms with Crippen LogP contribution in [0.5, 0.6) is 0 Å². The summed E-state index contributed by atoms with van der Waals surface area (Å²) in [5.74, 6) is 0. The van der Waals surface area contributed by atoms with Crippen molar-refractivity contribution in [3.63, 3.8) is 0 Å². The van der Waals surface area contributed by atoms with Crippen LogP contribution in [0.25, 0.3) is 0 Å². The Morgan fingerprint density at radius 1 is 1.62 bits per heavy atom. The molecular weight excluding hydrogens is 144 g/mol. The van der Waals surface area contributed by atoms with Crippen molar-refractivity contribution in [2.24, 2.45) is 0 Å². The van der Waals surface area contributed by atoms with E-state index < -0.39 is 17.8 Å². The second-order valence-corrected chi connectivity index (χ2v) is 1.70. The fourth-order valence-corrected chi connectivity index (χ4v) is 0.263. The zero-order chi connectivity index (χ0) is 6.78. The van der Waals surface area contributed by atoms with Gasteiger partial charge in [0.25, 0.3) is 0 Å².